The van der Waals surface area contributed by atoms with Gasteiger partial charge in [0.25, 0.3) is 0 Å². The molecule has 3 aromatic carbocycles. The number of halogens is 2. The van der Waals surface area contributed by atoms with Crippen molar-refractivity contribution in [1.82, 2.24) is 0 Å². The van der Waals surface area contributed by atoms with E-state index in [1.54, 1.807) is 30.3 Å². The number of nitrogens with one attached hydrogen (secondary N) is 1. The van der Waals surface area contributed by atoms with Crippen molar-refractivity contribution < 1.29 is 19.8 Å². The standard InChI is InChI=1S/C22H15Br2NO4/c23-14-9-11(7-8-26)10-15(24)20(14)25-16-5-6-17(27)19-18(16)21(28)12-3-1-2-4-13(12)22(19)29/h1-6,9-10,25-27H,7-8H2. The lowest BCUT2D eigenvalue weighted by Gasteiger charge is -2.22. The van der Waals surface area contributed by atoms with E-state index in [9.17, 15) is 14.7 Å². The predicted molar refractivity (Wildman–Crippen MR) is 117 cm³/mol. The molecule has 0 saturated carbocycles. The Kier molecular flexibility index (Phi) is 5.29. The second-order valence-corrected chi connectivity index (χ2v) is 8.33. The van der Waals surface area contributed by atoms with Crippen LogP contribution >= 0.6 is 31.9 Å². The van der Waals surface area contributed by atoms with Crippen LogP contribution in [0.1, 0.15) is 37.4 Å². The van der Waals surface area contributed by atoms with Gasteiger partial charge in [-0.25, -0.2) is 0 Å². The molecule has 0 saturated heterocycles. The third-order valence-corrected chi connectivity index (χ3v) is 6.07. The summed E-state index contributed by atoms with van der Waals surface area (Å²) in [5.74, 6) is -0.930. The maximum absolute atomic E-state index is 13.2. The molecule has 0 bridgehead atoms. The van der Waals surface area contributed by atoms with Gasteiger partial charge in [0, 0.05) is 26.7 Å². The van der Waals surface area contributed by atoms with Crippen LogP contribution in [0.2, 0.25) is 0 Å². The summed E-state index contributed by atoms with van der Waals surface area (Å²) in [5, 5.41) is 22.7. The molecule has 0 aliphatic heterocycles. The first-order valence-electron chi connectivity index (χ1n) is 8.82. The van der Waals surface area contributed by atoms with E-state index in [0.717, 1.165) is 14.5 Å². The number of hydrogen-bond acceptors (Lipinski definition) is 5. The Balaban J connectivity index is 1.84. The fourth-order valence-corrected chi connectivity index (χ4v) is 4.94. The molecule has 0 aromatic heterocycles. The fourth-order valence-electron chi connectivity index (χ4n) is 3.46. The van der Waals surface area contributed by atoms with Crippen LogP contribution in [0.15, 0.2) is 57.5 Å². The third-order valence-electron chi connectivity index (χ3n) is 4.82. The fraction of sp³-hybridized carbons (Fsp3) is 0.0909. The summed E-state index contributed by atoms with van der Waals surface area (Å²) in [4.78, 5) is 26.1. The van der Waals surface area contributed by atoms with Crippen molar-refractivity contribution in [1.29, 1.82) is 0 Å². The van der Waals surface area contributed by atoms with Gasteiger partial charge >= 0.3 is 0 Å². The molecule has 0 unspecified atom stereocenters. The highest BCUT2D eigenvalue weighted by Gasteiger charge is 2.34. The number of phenols is 1. The molecule has 5 nitrogen and oxygen atoms in total. The maximum atomic E-state index is 13.2. The summed E-state index contributed by atoms with van der Waals surface area (Å²) in [5.41, 5.74) is 2.77. The predicted octanol–water partition coefficient (Wildman–Crippen LogP) is 4.97. The van der Waals surface area contributed by atoms with Gasteiger partial charge in [-0.1, -0.05) is 24.3 Å². The van der Waals surface area contributed by atoms with Gasteiger partial charge in [-0.15, -0.1) is 0 Å². The minimum absolute atomic E-state index is 0.00263. The van der Waals surface area contributed by atoms with Gasteiger partial charge < -0.3 is 15.5 Å². The van der Waals surface area contributed by atoms with Gasteiger partial charge in [-0.3, -0.25) is 9.59 Å². The minimum atomic E-state index is -0.382. The SMILES string of the molecule is O=C1c2ccccc2C(=O)c2c(Nc3c(Br)cc(CCO)cc3Br)ccc(O)c21. The summed E-state index contributed by atoms with van der Waals surface area (Å²) >= 11 is 7.03. The first-order valence-corrected chi connectivity index (χ1v) is 10.4. The number of ketones is 2. The second-order valence-electron chi connectivity index (χ2n) is 6.62. The van der Waals surface area contributed by atoms with Crippen molar-refractivity contribution in [2.45, 2.75) is 6.42 Å². The van der Waals surface area contributed by atoms with E-state index in [1.807, 2.05) is 12.1 Å². The zero-order valence-corrected chi connectivity index (χ0v) is 18.2. The molecule has 146 valence electrons. The molecule has 4 rings (SSSR count). The number of carbonyl (C=O) groups is 2. The number of aliphatic hydroxyl groups excluding tert-OH is 1. The number of benzene rings is 3. The van der Waals surface area contributed by atoms with E-state index in [2.05, 4.69) is 37.2 Å². The zero-order valence-electron chi connectivity index (χ0n) is 15.0. The van der Waals surface area contributed by atoms with Crippen molar-refractivity contribution >= 4 is 54.8 Å². The maximum Gasteiger partial charge on any atom is 0.198 e. The van der Waals surface area contributed by atoms with Crippen LogP contribution in [-0.4, -0.2) is 28.4 Å². The molecule has 3 aromatic rings. The number of fused-ring (bicyclic) bond motifs is 2. The van der Waals surface area contributed by atoms with Crippen LogP contribution in [0, 0.1) is 0 Å². The first-order chi connectivity index (χ1) is 13.9. The van der Waals surface area contributed by atoms with Crippen LogP contribution in [0.5, 0.6) is 5.75 Å². The Bertz CT molecular complexity index is 1150. The number of rotatable bonds is 4. The quantitative estimate of drug-likeness (QED) is 0.333. The highest BCUT2D eigenvalue weighted by atomic mass is 79.9. The molecule has 29 heavy (non-hydrogen) atoms. The lowest BCUT2D eigenvalue weighted by molar-refractivity contribution is 0.0977. The van der Waals surface area contributed by atoms with Crippen LogP contribution < -0.4 is 5.32 Å². The average Bonchev–Trinajstić information content (AvgIpc) is 2.70. The molecule has 1 aliphatic rings. The van der Waals surface area contributed by atoms with Crippen LogP contribution in [0.3, 0.4) is 0 Å². The van der Waals surface area contributed by atoms with Gasteiger partial charge in [0.1, 0.15) is 5.75 Å². The number of aliphatic hydroxyl groups is 1. The van der Waals surface area contributed by atoms with E-state index in [1.165, 1.54) is 6.07 Å². The topological polar surface area (TPSA) is 86.6 Å². The largest absolute Gasteiger partial charge is 0.507 e. The minimum Gasteiger partial charge on any atom is -0.507 e. The number of aromatic hydroxyl groups is 1. The van der Waals surface area contributed by atoms with E-state index in [-0.39, 0.29) is 40.6 Å². The number of carbonyl (C=O) groups excluding carboxylic acids is 2. The molecule has 3 N–H and O–H groups in total. The molecule has 0 amide bonds. The van der Waals surface area contributed by atoms with Gasteiger partial charge in [0.15, 0.2) is 11.6 Å². The lowest BCUT2D eigenvalue weighted by atomic mass is 9.82. The normalized spacial score (nSPS) is 12.5. The smallest absolute Gasteiger partial charge is 0.198 e. The summed E-state index contributed by atoms with van der Waals surface area (Å²) < 4.78 is 1.46. The van der Waals surface area contributed by atoms with Crippen LogP contribution in [0.4, 0.5) is 11.4 Å². The molecule has 0 atom stereocenters. The van der Waals surface area contributed by atoms with E-state index >= 15 is 0 Å². The molecule has 1 aliphatic carbocycles. The molecule has 7 heteroatoms. The monoisotopic (exact) mass is 515 g/mol. The third kappa shape index (κ3) is 3.39. The first kappa shape index (κ1) is 19.8. The molecule has 0 heterocycles. The number of hydrogen-bond donors (Lipinski definition) is 3. The molecular formula is C22H15Br2NO4. The van der Waals surface area contributed by atoms with Crippen LogP contribution in [-0.2, 0) is 6.42 Å². The molecule has 0 fully saturated rings. The van der Waals surface area contributed by atoms with Gasteiger partial charge in [-0.2, -0.15) is 0 Å². The van der Waals surface area contributed by atoms with Crippen molar-refractivity contribution in [3.8, 4) is 5.75 Å². The molecule has 0 spiro atoms. The highest BCUT2D eigenvalue weighted by Crippen LogP contribution is 2.41. The van der Waals surface area contributed by atoms with Gasteiger partial charge in [0.05, 0.1) is 22.5 Å². The number of phenolic OH excluding ortho intramolecular Hbond substituents is 1. The van der Waals surface area contributed by atoms with Crippen LogP contribution in [0.25, 0.3) is 0 Å². The Labute approximate surface area is 183 Å². The van der Waals surface area contributed by atoms with Crippen molar-refractivity contribution in [3.05, 3.63) is 85.3 Å². The van der Waals surface area contributed by atoms with Crippen molar-refractivity contribution in [2.24, 2.45) is 0 Å². The van der Waals surface area contributed by atoms with Crippen molar-refractivity contribution in [2.75, 3.05) is 11.9 Å². The Morgan fingerprint density at radius 2 is 1.45 bits per heavy atom. The van der Waals surface area contributed by atoms with E-state index in [0.29, 0.717) is 23.4 Å². The second kappa shape index (κ2) is 7.74. The summed E-state index contributed by atoms with van der Waals surface area (Å²) in [6.07, 6.45) is 0.510. The Morgan fingerprint density at radius 3 is 2.03 bits per heavy atom. The Morgan fingerprint density at radius 1 is 0.862 bits per heavy atom. The van der Waals surface area contributed by atoms with Gasteiger partial charge in [0.2, 0.25) is 0 Å². The zero-order chi connectivity index (χ0) is 20.7. The van der Waals surface area contributed by atoms with E-state index in [4.69, 9.17) is 5.11 Å². The summed E-state index contributed by atoms with van der Waals surface area (Å²) in [7, 11) is 0. The Hall–Kier alpha value is -2.48. The average molecular weight is 517 g/mol. The lowest BCUT2D eigenvalue weighted by Crippen LogP contribution is -2.22. The number of anilines is 2. The van der Waals surface area contributed by atoms with E-state index < -0.39 is 0 Å². The summed E-state index contributed by atoms with van der Waals surface area (Å²) in [6.45, 7) is 0.0349. The summed E-state index contributed by atoms with van der Waals surface area (Å²) in [6, 6.07) is 13.3. The van der Waals surface area contributed by atoms with Gasteiger partial charge in [-0.05, 0) is 68.1 Å². The highest BCUT2D eigenvalue weighted by molar-refractivity contribution is 9.11. The van der Waals surface area contributed by atoms with Crippen molar-refractivity contribution in [3.63, 3.8) is 0 Å². The molecular weight excluding hydrogens is 502 g/mol. The molecule has 0 radical (unpaired) electrons.